The summed E-state index contributed by atoms with van der Waals surface area (Å²) < 4.78 is 23.7. The number of rotatable bonds is 15. The summed E-state index contributed by atoms with van der Waals surface area (Å²) in [6.07, 6.45) is 1.06. The Kier molecular flexibility index (Phi) is 13.1. The van der Waals surface area contributed by atoms with E-state index in [1.54, 1.807) is 0 Å². The lowest BCUT2D eigenvalue weighted by Crippen LogP contribution is -2.40. The summed E-state index contributed by atoms with van der Waals surface area (Å²) in [4.78, 5) is 0. The monoisotopic (exact) mass is 607 g/mol. The lowest BCUT2D eigenvalue weighted by molar-refractivity contribution is 0.0106. The van der Waals surface area contributed by atoms with Gasteiger partial charge in [-0.25, -0.2) is 0 Å². The molecule has 1 aliphatic rings. The molecule has 3 atom stereocenters. The highest BCUT2D eigenvalue weighted by atomic mass is 35.5. The van der Waals surface area contributed by atoms with E-state index in [1.165, 1.54) is 11.1 Å². The van der Waals surface area contributed by atoms with Crippen molar-refractivity contribution < 1.29 is 29.2 Å². The van der Waals surface area contributed by atoms with Gasteiger partial charge in [-0.15, -0.1) is 12.4 Å². The highest BCUT2D eigenvalue weighted by Gasteiger charge is 2.27. The van der Waals surface area contributed by atoms with Crippen molar-refractivity contribution in [2.45, 2.75) is 44.2 Å². The first-order valence-corrected chi connectivity index (χ1v) is 14.8. The Hall–Kier alpha value is -3.17. The van der Waals surface area contributed by atoms with Crippen molar-refractivity contribution in [3.8, 4) is 11.5 Å². The van der Waals surface area contributed by atoms with Crippen LogP contribution < -0.4 is 14.8 Å². The zero-order valence-corrected chi connectivity index (χ0v) is 25.2. The van der Waals surface area contributed by atoms with E-state index in [1.807, 2.05) is 36.4 Å². The van der Waals surface area contributed by atoms with Crippen molar-refractivity contribution >= 4 is 23.2 Å². The topological polar surface area (TPSA) is 89.4 Å². The van der Waals surface area contributed by atoms with Gasteiger partial charge in [0.05, 0.1) is 39.1 Å². The van der Waals surface area contributed by atoms with Crippen LogP contribution in [0.4, 0.5) is 0 Å². The van der Waals surface area contributed by atoms with Gasteiger partial charge < -0.3 is 34.5 Å². The fourth-order valence-corrected chi connectivity index (χ4v) is 5.21. The zero-order valence-electron chi connectivity index (χ0n) is 24.4. The lowest BCUT2D eigenvalue weighted by atomic mass is 9.87. The van der Waals surface area contributed by atoms with Gasteiger partial charge in [-0.2, -0.15) is 0 Å². The van der Waals surface area contributed by atoms with Crippen LogP contribution in [0, 0.1) is 0 Å². The number of nitrogens with one attached hydrogen (secondary N) is 1. The molecule has 230 valence electrons. The van der Waals surface area contributed by atoms with E-state index in [4.69, 9.17) is 24.1 Å². The number of aliphatic hydroxyl groups is 2. The molecule has 0 spiro atoms. The third kappa shape index (κ3) is 9.93. The molecule has 1 aliphatic heterocycles. The molecule has 0 bridgehead atoms. The quantitative estimate of drug-likeness (QED) is 0.151. The Morgan fingerprint density at radius 3 is 2.37 bits per heavy atom. The van der Waals surface area contributed by atoms with Gasteiger partial charge >= 0.3 is 0 Å². The van der Waals surface area contributed by atoms with Crippen molar-refractivity contribution in [3.05, 3.63) is 108 Å². The largest absolute Gasteiger partial charge is 0.494 e. The third-order valence-electron chi connectivity index (χ3n) is 7.54. The summed E-state index contributed by atoms with van der Waals surface area (Å²) in [6.45, 7) is 4.00. The van der Waals surface area contributed by atoms with Gasteiger partial charge in [0, 0.05) is 18.9 Å². The van der Waals surface area contributed by atoms with E-state index in [0.29, 0.717) is 38.1 Å². The minimum absolute atomic E-state index is 0. The highest BCUT2D eigenvalue weighted by Crippen LogP contribution is 2.30. The lowest BCUT2D eigenvalue weighted by Gasteiger charge is -2.32. The van der Waals surface area contributed by atoms with Gasteiger partial charge in [-0.3, -0.25) is 0 Å². The molecule has 43 heavy (non-hydrogen) atoms. The van der Waals surface area contributed by atoms with Crippen LogP contribution >= 0.6 is 12.4 Å². The second kappa shape index (κ2) is 17.2. The Balaban J connectivity index is 0.00000423. The van der Waals surface area contributed by atoms with Crippen molar-refractivity contribution in [2.24, 2.45) is 0 Å². The van der Waals surface area contributed by atoms with E-state index in [0.717, 1.165) is 48.0 Å². The van der Waals surface area contributed by atoms with Gasteiger partial charge in [-0.05, 0) is 70.8 Å². The van der Waals surface area contributed by atoms with Crippen molar-refractivity contribution in [1.82, 2.24) is 5.32 Å². The third-order valence-corrected chi connectivity index (χ3v) is 7.54. The van der Waals surface area contributed by atoms with Gasteiger partial charge in [0.25, 0.3) is 0 Å². The maximum absolute atomic E-state index is 9.52. The molecule has 0 aromatic heterocycles. The summed E-state index contributed by atoms with van der Waals surface area (Å²) in [5.74, 6) is 1.86. The van der Waals surface area contributed by atoms with Gasteiger partial charge in [-0.1, -0.05) is 60.7 Å². The first kappa shape index (κ1) is 32.7. The normalized spacial score (nSPS) is 17.3. The molecule has 0 saturated carbocycles. The van der Waals surface area contributed by atoms with Crippen LogP contribution in [0.15, 0.2) is 91.0 Å². The van der Waals surface area contributed by atoms with Crippen molar-refractivity contribution in [1.29, 1.82) is 0 Å². The van der Waals surface area contributed by atoms with Crippen molar-refractivity contribution in [3.63, 3.8) is 0 Å². The predicted molar refractivity (Wildman–Crippen MR) is 171 cm³/mol. The van der Waals surface area contributed by atoms with Crippen LogP contribution in [0.2, 0.25) is 0 Å². The Morgan fingerprint density at radius 2 is 1.56 bits per heavy atom. The molecule has 1 saturated heterocycles. The molecule has 4 aromatic rings. The van der Waals surface area contributed by atoms with Gasteiger partial charge in [0.2, 0.25) is 0 Å². The summed E-state index contributed by atoms with van der Waals surface area (Å²) in [5.41, 5.74) is 3.58. The molecule has 7 nitrogen and oxygen atoms in total. The number of benzene rings is 4. The van der Waals surface area contributed by atoms with Gasteiger partial charge in [0.15, 0.2) is 0 Å². The number of fused-ring (bicyclic) bond motifs is 1. The molecule has 5 rings (SSSR count). The number of ether oxygens (including phenoxy) is 4. The predicted octanol–water partition coefficient (Wildman–Crippen LogP) is 5.64. The second-order valence-corrected chi connectivity index (χ2v) is 10.7. The summed E-state index contributed by atoms with van der Waals surface area (Å²) in [5, 5.41) is 24.1. The van der Waals surface area contributed by atoms with E-state index in [2.05, 4.69) is 59.9 Å². The van der Waals surface area contributed by atoms with E-state index < -0.39 is 6.10 Å². The van der Waals surface area contributed by atoms with E-state index >= 15 is 0 Å². The van der Waals surface area contributed by atoms with Crippen LogP contribution in [-0.4, -0.2) is 61.9 Å². The minimum atomic E-state index is -0.884. The second-order valence-electron chi connectivity index (χ2n) is 10.7. The molecule has 0 amide bonds. The van der Waals surface area contributed by atoms with Crippen molar-refractivity contribution in [2.75, 3.05) is 39.5 Å². The van der Waals surface area contributed by atoms with Gasteiger partial charge in [0.1, 0.15) is 24.2 Å². The average Bonchev–Trinajstić information content (AvgIpc) is 3.05. The molecule has 0 aliphatic carbocycles. The standard InChI is InChI=1S/C35H41NO6.ClH/c37-22-31(38)25-41-33-14-11-29-19-27(7-8-30(29)20-33)24-42-35-21-36-16-15-34(35)28-9-12-32(13-10-28)40-18-4-17-39-23-26-5-2-1-3-6-26;/h1-3,5-14,19-20,31,34-38H,4,15-18,21-25H2;1H. The van der Waals surface area contributed by atoms with E-state index in [9.17, 15) is 5.11 Å². The first-order valence-electron chi connectivity index (χ1n) is 14.8. The highest BCUT2D eigenvalue weighted by molar-refractivity contribution is 5.85. The smallest absolute Gasteiger partial charge is 0.120 e. The summed E-state index contributed by atoms with van der Waals surface area (Å²) >= 11 is 0. The molecular formula is C35H42ClNO6. The number of halogens is 1. The number of hydrogen-bond acceptors (Lipinski definition) is 7. The Morgan fingerprint density at radius 1 is 0.791 bits per heavy atom. The maximum Gasteiger partial charge on any atom is 0.120 e. The molecule has 0 radical (unpaired) electrons. The maximum atomic E-state index is 9.52. The average molecular weight is 608 g/mol. The minimum Gasteiger partial charge on any atom is -0.494 e. The molecule has 4 aromatic carbocycles. The number of aliphatic hydroxyl groups excluding tert-OH is 2. The first-order chi connectivity index (χ1) is 20.7. The number of piperidine rings is 1. The summed E-state index contributed by atoms with van der Waals surface area (Å²) in [6, 6.07) is 30.8. The zero-order chi connectivity index (χ0) is 29.0. The van der Waals surface area contributed by atoms with Crippen LogP contribution in [0.1, 0.15) is 35.4 Å². The van der Waals surface area contributed by atoms with Crippen LogP contribution in [0.3, 0.4) is 0 Å². The molecule has 1 fully saturated rings. The fraction of sp³-hybridized carbons (Fsp3) is 0.371. The Labute approximate surface area is 260 Å². The molecule has 3 N–H and O–H groups in total. The van der Waals surface area contributed by atoms with Crippen LogP contribution in [0.5, 0.6) is 11.5 Å². The molecule has 3 unspecified atom stereocenters. The molecular weight excluding hydrogens is 566 g/mol. The molecule has 8 heteroatoms. The van der Waals surface area contributed by atoms with E-state index in [-0.39, 0.29) is 31.7 Å². The SMILES string of the molecule is Cl.OCC(O)COc1ccc2cc(COC3CNCCC3c3ccc(OCCCOCc4ccccc4)cc3)ccc2c1. The fourth-order valence-electron chi connectivity index (χ4n) is 5.21. The molecule has 1 heterocycles. The Bertz CT molecular complexity index is 1370. The van der Waals surface area contributed by atoms with Crippen LogP contribution in [0.25, 0.3) is 10.8 Å². The van der Waals surface area contributed by atoms with Crippen LogP contribution in [-0.2, 0) is 22.7 Å². The summed E-state index contributed by atoms with van der Waals surface area (Å²) in [7, 11) is 0. The number of hydrogen-bond donors (Lipinski definition) is 3.